The lowest BCUT2D eigenvalue weighted by molar-refractivity contribution is -0.120. The van der Waals surface area contributed by atoms with Crippen LogP contribution in [0.2, 0.25) is 0 Å². The van der Waals surface area contributed by atoms with Crippen molar-refractivity contribution in [3.05, 3.63) is 29.1 Å². The average molecular weight is 307 g/mol. The molecule has 112 valence electrons. The highest BCUT2D eigenvalue weighted by Gasteiger charge is 2.16. The summed E-state index contributed by atoms with van der Waals surface area (Å²) in [5, 5.41) is 6.05. The van der Waals surface area contributed by atoms with Gasteiger partial charge in [0.2, 0.25) is 5.91 Å². The molecule has 1 aromatic heterocycles. The number of nitrogens with one attached hydrogen (secondary N) is 2. The first kappa shape index (κ1) is 15.3. The van der Waals surface area contributed by atoms with E-state index < -0.39 is 0 Å². The standard InChI is InChI=1S/C14H17N3O3S/c1-20-7-6-16-11(18)8-17-14(19)13-12(15)9-4-2-3-5-10(9)21-13/h2-5H,6-8,15H2,1H3,(H,16,18)(H,17,19). The first-order valence-corrected chi connectivity index (χ1v) is 7.26. The van der Waals surface area contributed by atoms with Gasteiger partial charge >= 0.3 is 0 Å². The Morgan fingerprint density at radius 2 is 2.05 bits per heavy atom. The number of nitrogens with two attached hydrogens (primary N) is 1. The second-order valence-corrected chi connectivity index (χ2v) is 5.42. The van der Waals surface area contributed by atoms with Crippen molar-refractivity contribution in [3.8, 4) is 0 Å². The summed E-state index contributed by atoms with van der Waals surface area (Å²) in [6.45, 7) is 0.759. The van der Waals surface area contributed by atoms with Crippen LogP contribution in [0.15, 0.2) is 24.3 Å². The van der Waals surface area contributed by atoms with E-state index in [2.05, 4.69) is 10.6 Å². The van der Waals surface area contributed by atoms with E-state index in [4.69, 9.17) is 10.5 Å². The highest BCUT2D eigenvalue weighted by atomic mass is 32.1. The van der Waals surface area contributed by atoms with Gasteiger partial charge in [-0.25, -0.2) is 0 Å². The molecule has 0 bridgehead atoms. The van der Waals surface area contributed by atoms with E-state index in [9.17, 15) is 9.59 Å². The number of carbonyl (C=O) groups excluding carboxylic acids is 2. The Morgan fingerprint density at radius 3 is 2.76 bits per heavy atom. The SMILES string of the molecule is COCCNC(=O)CNC(=O)c1sc2ccccc2c1N. The number of ether oxygens (including phenoxy) is 1. The largest absolute Gasteiger partial charge is 0.397 e. The molecule has 1 heterocycles. The molecule has 2 aromatic rings. The molecule has 6 nitrogen and oxygen atoms in total. The molecule has 4 N–H and O–H groups in total. The van der Waals surface area contributed by atoms with E-state index in [0.29, 0.717) is 23.7 Å². The second kappa shape index (κ2) is 7.05. The smallest absolute Gasteiger partial charge is 0.263 e. The van der Waals surface area contributed by atoms with Gasteiger partial charge in [-0.3, -0.25) is 9.59 Å². The van der Waals surface area contributed by atoms with Gasteiger partial charge < -0.3 is 21.1 Å². The Balaban J connectivity index is 1.96. The summed E-state index contributed by atoms with van der Waals surface area (Å²) >= 11 is 1.32. The van der Waals surface area contributed by atoms with E-state index in [-0.39, 0.29) is 18.4 Å². The van der Waals surface area contributed by atoms with Crippen molar-refractivity contribution in [2.24, 2.45) is 0 Å². The highest BCUT2D eigenvalue weighted by Crippen LogP contribution is 2.33. The number of anilines is 1. The number of nitrogen functional groups attached to an aromatic ring is 1. The van der Waals surface area contributed by atoms with Gasteiger partial charge in [0.05, 0.1) is 18.8 Å². The molecule has 0 atom stereocenters. The summed E-state index contributed by atoms with van der Waals surface area (Å²) in [5.41, 5.74) is 6.43. The van der Waals surface area contributed by atoms with Crippen LogP contribution in [0.25, 0.3) is 10.1 Å². The quantitative estimate of drug-likeness (QED) is 0.693. The number of amides is 2. The van der Waals surface area contributed by atoms with Crippen LogP contribution in [-0.2, 0) is 9.53 Å². The lowest BCUT2D eigenvalue weighted by Crippen LogP contribution is -2.38. The third kappa shape index (κ3) is 3.71. The number of carbonyl (C=O) groups is 2. The maximum Gasteiger partial charge on any atom is 0.263 e. The molecule has 0 saturated heterocycles. The van der Waals surface area contributed by atoms with Gasteiger partial charge in [-0.15, -0.1) is 11.3 Å². The molecule has 7 heteroatoms. The third-order valence-electron chi connectivity index (χ3n) is 2.88. The molecule has 0 aliphatic rings. The first-order chi connectivity index (χ1) is 10.1. The summed E-state index contributed by atoms with van der Waals surface area (Å²) in [6, 6.07) is 7.54. The van der Waals surface area contributed by atoms with Crippen molar-refractivity contribution < 1.29 is 14.3 Å². The zero-order valence-electron chi connectivity index (χ0n) is 11.6. The minimum atomic E-state index is -0.337. The Labute approximate surface area is 126 Å². The summed E-state index contributed by atoms with van der Waals surface area (Å²) in [6.07, 6.45) is 0. The fourth-order valence-electron chi connectivity index (χ4n) is 1.83. The Morgan fingerprint density at radius 1 is 1.29 bits per heavy atom. The number of hydrogen-bond acceptors (Lipinski definition) is 5. The minimum absolute atomic E-state index is 0.0871. The molecule has 21 heavy (non-hydrogen) atoms. The number of fused-ring (bicyclic) bond motifs is 1. The van der Waals surface area contributed by atoms with Crippen molar-refractivity contribution in [1.82, 2.24) is 10.6 Å². The first-order valence-electron chi connectivity index (χ1n) is 6.44. The fraction of sp³-hybridized carbons (Fsp3) is 0.286. The monoisotopic (exact) mass is 307 g/mol. The summed E-state index contributed by atoms with van der Waals surface area (Å²) in [4.78, 5) is 24.0. The Kier molecular flexibility index (Phi) is 5.13. The molecule has 0 unspecified atom stereocenters. The third-order valence-corrected chi connectivity index (χ3v) is 4.06. The van der Waals surface area contributed by atoms with E-state index in [1.165, 1.54) is 11.3 Å². The fourth-order valence-corrected chi connectivity index (χ4v) is 2.87. The molecular formula is C14H17N3O3S. The van der Waals surface area contributed by atoms with Gasteiger partial charge in [-0.05, 0) is 6.07 Å². The van der Waals surface area contributed by atoms with Crippen LogP contribution in [-0.4, -0.2) is 38.6 Å². The maximum absolute atomic E-state index is 12.1. The van der Waals surface area contributed by atoms with Crippen LogP contribution >= 0.6 is 11.3 Å². The lowest BCUT2D eigenvalue weighted by atomic mass is 10.2. The van der Waals surface area contributed by atoms with Gasteiger partial charge in [0.15, 0.2) is 0 Å². The van der Waals surface area contributed by atoms with Crippen molar-refractivity contribution in [3.63, 3.8) is 0 Å². The van der Waals surface area contributed by atoms with Crippen LogP contribution < -0.4 is 16.4 Å². The lowest BCUT2D eigenvalue weighted by Gasteiger charge is -2.06. The van der Waals surface area contributed by atoms with E-state index in [1.807, 2.05) is 24.3 Å². The van der Waals surface area contributed by atoms with Crippen LogP contribution in [0, 0.1) is 0 Å². The molecule has 2 amide bonds. The van der Waals surface area contributed by atoms with Gasteiger partial charge in [0, 0.05) is 23.7 Å². The van der Waals surface area contributed by atoms with Gasteiger partial charge in [0.25, 0.3) is 5.91 Å². The topological polar surface area (TPSA) is 93.5 Å². The zero-order valence-corrected chi connectivity index (χ0v) is 12.5. The number of benzene rings is 1. The molecule has 0 aliphatic carbocycles. The molecule has 0 aliphatic heterocycles. The number of hydrogen-bond donors (Lipinski definition) is 3. The van der Waals surface area contributed by atoms with Crippen LogP contribution in [0.5, 0.6) is 0 Å². The molecule has 2 rings (SSSR count). The minimum Gasteiger partial charge on any atom is -0.397 e. The van der Waals surface area contributed by atoms with Crippen molar-refractivity contribution >= 4 is 38.9 Å². The van der Waals surface area contributed by atoms with Gasteiger partial charge in [-0.2, -0.15) is 0 Å². The van der Waals surface area contributed by atoms with Gasteiger partial charge in [0.1, 0.15) is 4.88 Å². The number of methoxy groups -OCH3 is 1. The molecule has 0 saturated carbocycles. The molecule has 0 radical (unpaired) electrons. The van der Waals surface area contributed by atoms with Gasteiger partial charge in [-0.1, -0.05) is 18.2 Å². The summed E-state index contributed by atoms with van der Waals surface area (Å²) in [5.74, 6) is -0.601. The Bertz CT molecular complexity index is 654. The van der Waals surface area contributed by atoms with E-state index >= 15 is 0 Å². The summed E-state index contributed by atoms with van der Waals surface area (Å²) < 4.78 is 5.77. The predicted octanol–water partition coefficient (Wildman–Crippen LogP) is 0.976. The van der Waals surface area contributed by atoms with Crippen molar-refractivity contribution in [2.45, 2.75) is 0 Å². The van der Waals surface area contributed by atoms with Crippen LogP contribution in [0.3, 0.4) is 0 Å². The molecular weight excluding hydrogens is 290 g/mol. The average Bonchev–Trinajstić information content (AvgIpc) is 2.83. The van der Waals surface area contributed by atoms with Crippen molar-refractivity contribution in [2.75, 3.05) is 32.5 Å². The van der Waals surface area contributed by atoms with Crippen LogP contribution in [0.1, 0.15) is 9.67 Å². The molecule has 1 aromatic carbocycles. The molecule has 0 spiro atoms. The van der Waals surface area contributed by atoms with E-state index in [0.717, 1.165) is 10.1 Å². The van der Waals surface area contributed by atoms with Crippen LogP contribution in [0.4, 0.5) is 5.69 Å². The van der Waals surface area contributed by atoms with Crippen molar-refractivity contribution in [1.29, 1.82) is 0 Å². The van der Waals surface area contributed by atoms with E-state index in [1.54, 1.807) is 7.11 Å². The summed E-state index contributed by atoms with van der Waals surface area (Å²) in [7, 11) is 1.55. The zero-order chi connectivity index (χ0) is 15.2. The normalized spacial score (nSPS) is 10.5. The highest BCUT2D eigenvalue weighted by molar-refractivity contribution is 7.21. The number of rotatable bonds is 6. The maximum atomic E-state index is 12.1. The predicted molar refractivity (Wildman–Crippen MR) is 83.5 cm³/mol. The second-order valence-electron chi connectivity index (χ2n) is 4.37. The Hall–Kier alpha value is -2.12. The number of thiophene rings is 1. The molecule has 0 fully saturated rings.